The summed E-state index contributed by atoms with van der Waals surface area (Å²) in [6.45, 7) is 4.96. The van der Waals surface area contributed by atoms with Crippen LogP contribution in [0.4, 0.5) is 0 Å². The van der Waals surface area contributed by atoms with Gasteiger partial charge in [0.15, 0.2) is 6.61 Å². The number of carboxylic acid groups (broad SMARTS) is 1. The monoisotopic (exact) mass is 309 g/mol. The van der Waals surface area contributed by atoms with Crippen LogP contribution in [0, 0.1) is 5.92 Å². The minimum absolute atomic E-state index is 0.0381. The lowest BCUT2D eigenvalue weighted by atomic mass is 10.2. The number of carboxylic acids is 1. The molecule has 0 unspecified atom stereocenters. The number of nitrogens with one attached hydrogen (secondary N) is 1. The molecular weight excluding hydrogens is 286 g/mol. The number of rotatable bonds is 10. The molecule has 0 radical (unpaired) electrons. The first kappa shape index (κ1) is 17.8. The van der Waals surface area contributed by atoms with Gasteiger partial charge in [0.2, 0.25) is 0 Å². The van der Waals surface area contributed by atoms with Crippen LogP contribution in [-0.2, 0) is 9.59 Å². The van der Waals surface area contributed by atoms with Crippen LogP contribution in [0.2, 0.25) is 0 Å². The van der Waals surface area contributed by atoms with Gasteiger partial charge >= 0.3 is 5.97 Å². The molecule has 0 heterocycles. The molecule has 6 heteroatoms. The van der Waals surface area contributed by atoms with E-state index in [0.29, 0.717) is 37.0 Å². The van der Waals surface area contributed by atoms with E-state index in [1.165, 1.54) is 0 Å². The predicted molar refractivity (Wildman–Crippen MR) is 82.1 cm³/mol. The van der Waals surface area contributed by atoms with Crippen LogP contribution in [0.1, 0.15) is 26.7 Å². The summed E-state index contributed by atoms with van der Waals surface area (Å²) in [4.78, 5) is 21.9. The Morgan fingerprint density at radius 1 is 1.23 bits per heavy atom. The van der Waals surface area contributed by atoms with Gasteiger partial charge in [0.05, 0.1) is 6.61 Å². The number of ether oxygens (including phenoxy) is 2. The van der Waals surface area contributed by atoms with Crippen LogP contribution < -0.4 is 14.8 Å². The maximum absolute atomic E-state index is 11.5. The van der Waals surface area contributed by atoms with Gasteiger partial charge in [-0.25, -0.2) is 0 Å². The molecule has 0 aliphatic carbocycles. The largest absolute Gasteiger partial charge is 0.493 e. The van der Waals surface area contributed by atoms with Gasteiger partial charge in [-0.2, -0.15) is 0 Å². The highest BCUT2D eigenvalue weighted by Gasteiger charge is 2.05. The van der Waals surface area contributed by atoms with E-state index in [4.69, 9.17) is 14.6 Å². The Labute approximate surface area is 130 Å². The lowest BCUT2D eigenvalue weighted by Crippen LogP contribution is -2.29. The van der Waals surface area contributed by atoms with Crippen molar-refractivity contribution in [3.8, 4) is 11.5 Å². The van der Waals surface area contributed by atoms with Crippen molar-refractivity contribution in [1.29, 1.82) is 0 Å². The van der Waals surface area contributed by atoms with Crippen molar-refractivity contribution in [2.24, 2.45) is 5.92 Å². The summed E-state index contributed by atoms with van der Waals surface area (Å²) in [5, 5.41) is 11.1. The molecule has 0 aliphatic heterocycles. The van der Waals surface area contributed by atoms with Gasteiger partial charge in [-0.05, 0) is 24.5 Å². The second-order valence-corrected chi connectivity index (χ2v) is 5.32. The summed E-state index contributed by atoms with van der Waals surface area (Å²) in [6, 6.07) is 7.12. The van der Waals surface area contributed by atoms with Crippen LogP contribution in [0.25, 0.3) is 0 Å². The Morgan fingerprint density at radius 3 is 2.55 bits per heavy atom. The maximum Gasteiger partial charge on any atom is 0.303 e. The van der Waals surface area contributed by atoms with Crippen molar-refractivity contribution in [3.63, 3.8) is 0 Å². The normalized spacial score (nSPS) is 10.3. The van der Waals surface area contributed by atoms with Crippen molar-refractivity contribution >= 4 is 11.9 Å². The van der Waals surface area contributed by atoms with E-state index >= 15 is 0 Å². The van der Waals surface area contributed by atoms with E-state index in [9.17, 15) is 9.59 Å². The Hall–Kier alpha value is -2.24. The molecule has 0 aliphatic rings. The summed E-state index contributed by atoms with van der Waals surface area (Å²) in [7, 11) is 0. The molecule has 1 aromatic rings. The number of carbonyl (C=O) groups excluding carboxylic acids is 1. The Kier molecular flexibility index (Phi) is 7.81. The van der Waals surface area contributed by atoms with Gasteiger partial charge in [-0.15, -0.1) is 0 Å². The minimum atomic E-state index is -0.872. The lowest BCUT2D eigenvalue weighted by Gasteiger charge is -2.11. The van der Waals surface area contributed by atoms with Crippen LogP contribution in [0.3, 0.4) is 0 Å². The third-order valence-corrected chi connectivity index (χ3v) is 2.65. The summed E-state index contributed by atoms with van der Waals surface area (Å²) >= 11 is 0. The molecule has 0 bridgehead atoms. The van der Waals surface area contributed by atoms with Crippen molar-refractivity contribution < 1.29 is 24.2 Å². The number of aliphatic carboxylic acids is 1. The molecule has 6 nitrogen and oxygen atoms in total. The molecule has 0 spiro atoms. The second-order valence-electron chi connectivity index (χ2n) is 5.32. The van der Waals surface area contributed by atoms with E-state index in [0.717, 1.165) is 0 Å². The highest BCUT2D eigenvalue weighted by molar-refractivity contribution is 5.77. The predicted octanol–water partition coefficient (Wildman–Crippen LogP) is 2.08. The zero-order valence-electron chi connectivity index (χ0n) is 13.0. The van der Waals surface area contributed by atoms with Gasteiger partial charge in [-0.1, -0.05) is 19.9 Å². The molecular formula is C16H23NO5. The standard InChI is InChI=1S/C16H23NO5/c1-12(2)10-21-13-5-3-6-14(9-13)22-11-15(18)17-8-4-7-16(19)20/h3,5-6,9,12H,4,7-8,10-11H2,1-2H3,(H,17,18)(H,19,20). The SMILES string of the molecule is CC(C)COc1cccc(OCC(=O)NCCCC(=O)O)c1. The average Bonchev–Trinajstić information content (AvgIpc) is 2.48. The number of hydrogen-bond acceptors (Lipinski definition) is 4. The first-order chi connectivity index (χ1) is 10.5. The molecule has 1 aromatic carbocycles. The van der Waals surface area contributed by atoms with Gasteiger partial charge in [-0.3, -0.25) is 9.59 Å². The number of hydrogen-bond donors (Lipinski definition) is 2. The Balaban J connectivity index is 2.30. The van der Waals surface area contributed by atoms with Gasteiger partial charge < -0.3 is 19.9 Å². The molecule has 1 rings (SSSR count). The van der Waals surface area contributed by atoms with E-state index in [-0.39, 0.29) is 18.9 Å². The molecule has 0 aromatic heterocycles. The first-order valence-corrected chi connectivity index (χ1v) is 7.31. The second kappa shape index (κ2) is 9.65. The zero-order valence-corrected chi connectivity index (χ0v) is 13.0. The highest BCUT2D eigenvalue weighted by Crippen LogP contribution is 2.19. The summed E-state index contributed by atoms with van der Waals surface area (Å²) in [5.41, 5.74) is 0. The van der Waals surface area contributed by atoms with Crippen molar-refractivity contribution in [2.75, 3.05) is 19.8 Å². The van der Waals surface area contributed by atoms with E-state index in [1.807, 2.05) is 6.07 Å². The lowest BCUT2D eigenvalue weighted by molar-refractivity contribution is -0.137. The van der Waals surface area contributed by atoms with Gasteiger partial charge in [0.25, 0.3) is 5.91 Å². The van der Waals surface area contributed by atoms with Crippen LogP contribution in [0.15, 0.2) is 24.3 Å². The zero-order chi connectivity index (χ0) is 16.4. The van der Waals surface area contributed by atoms with Crippen molar-refractivity contribution in [3.05, 3.63) is 24.3 Å². The fraction of sp³-hybridized carbons (Fsp3) is 0.500. The number of amides is 1. The topological polar surface area (TPSA) is 84.9 Å². The van der Waals surface area contributed by atoms with Crippen molar-refractivity contribution in [2.45, 2.75) is 26.7 Å². The van der Waals surface area contributed by atoms with Crippen molar-refractivity contribution in [1.82, 2.24) is 5.32 Å². The molecule has 0 saturated carbocycles. The van der Waals surface area contributed by atoms with Gasteiger partial charge in [0.1, 0.15) is 11.5 Å². The fourth-order valence-corrected chi connectivity index (χ4v) is 1.58. The fourth-order valence-electron chi connectivity index (χ4n) is 1.58. The minimum Gasteiger partial charge on any atom is -0.493 e. The smallest absolute Gasteiger partial charge is 0.303 e. The number of carbonyl (C=O) groups is 2. The molecule has 2 N–H and O–H groups in total. The molecule has 0 atom stereocenters. The highest BCUT2D eigenvalue weighted by atomic mass is 16.5. The average molecular weight is 309 g/mol. The van der Waals surface area contributed by atoms with Crippen LogP contribution >= 0.6 is 0 Å². The molecule has 0 saturated heterocycles. The number of benzene rings is 1. The Morgan fingerprint density at radius 2 is 1.91 bits per heavy atom. The molecule has 1 amide bonds. The quantitative estimate of drug-likeness (QED) is 0.646. The molecule has 122 valence electrons. The molecule has 22 heavy (non-hydrogen) atoms. The van der Waals surface area contributed by atoms with E-state index < -0.39 is 5.97 Å². The third kappa shape index (κ3) is 8.14. The van der Waals surface area contributed by atoms with Crippen LogP contribution in [0.5, 0.6) is 11.5 Å². The summed E-state index contributed by atoms with van der Waals surface area (Å²) in [6.07, 6.45) is 0.440. The first-order valence-electron chi connectivity index (χ1n) is 7.31. The third-order valence-electron chi connectivity index (χ3n) is 2.65. The molecule has 0 fully saturated rings. The van der Waals surface area contributed by atoms with E-state index in [1.54, 1.807) is 18.2 Å². The summed E-state index contributed by atoms with van der Waals surface area (Å²) < 4.78 is 11.0. The van der Waals surface area contributed by atoms with E-state index in [2.05, 4.69) is 19.2 Å². The van der Waals surface area contributed by atoms with Gasteiger partial charge in [0, 0.05) is 19.0 Å². The van der Waals surface area contributed by atoms with Crippen LogP contribution in [-0.4, -0.2) is 36.7 Å². The summed E-state index contributed by atoms with van der Waals surface area (Å²) in [5.74, 6) is 0.541. The Bertz CT molecular complexity index is 487. The maximum atomic E-state index is 11.5.